The molecule has 0 radical (unpaired) electrons. The van der Waals surface area contributed by atoms with Crippen LogP contribution in [-0.4, -0.2) is 0 Å². The lowest BCUT2D eigenvalue weighted by Gasteiger charge is -2.20. The third kappa shape index (κ3) is 3.46. The van der Waals surface area contributed by atoms with Gasteiger partial charge in [0.05, 0.1) is 40.2 Å². The predicted molar refractivity (Wildman–Crippen MR) is 152 cm³/mol. The number of fused-ring (bicyclic) bond motifs is 4. The van der Waals surface area contributed by atoms with E-state index in [9.17, 15) is 17.6 Å². The van der Waals surface area contributed by atoms with Gasteiger partial charge in [-0.1, -0.05) is 92.8 Å². The van der Waals surface area contributed by atoms with Gasteiger partial charge in [0, 0.05) is 52.0 Å². The van der Waals surface area contributed by atoms with E-state index in [0.29, 0.717) is 0 Å². The first-order chi connectivity index (χ1) is 16.7. The molecule has 186 valence electrons. The summed E-state index contributed by atoms with van der Waals surface area (Å²) < 4.78 is 58.2. The summed E-state index contributed by atoms with van der Waals surface area (Å²) in [5.41, 5.74) is 0. The molecule has 36 heavy (non-hydrogen) atoms. The summed E-state index contributed by atoms with van der Waals surface area (Å²) in [7, 11) is 0. The van der Waals surface area contributed by atoms with Gasteiger partial charge >= 0.3 is 0 Å². The molecule has 0 saturated heterocycles. The smallest absolute Gasteiger partial charge is 0.179 e. The molecule has 0 N–H and O–H groups in total. The van der Waals surface area contributed by atoms with Crippen molar-refractivity contribution in [2.24, 2.45) is 0 Å². The summed E-state index contributed by atoms with van der Waals surface area (Å²) in [6.45, 7) is 0. The van der Waals surface area contributed by atoms with Gasteiger partial charge in [0.15, 0.2) is 23.3 Å². The van der Waals surface area contributed by atoms with E-state index in [0.717, 1.165) is 0 Å². The number of benzene rings is 5. The van der Waals surface area contributed by atoms with Crippen molar-refractivity contribution in [1.29, 1.82) is 0 Å². The van der Waals surface area contributed by atoms with Crippen LogP contribution in [0.25, 0.3) is 43.1 Å². The highest BCUT2D eigenvalue weighted by molar-refractivity contribution is 9.11. The van der Waals surface area contributed by atoms with E-state index in [4.69, 9.17) is 92.8 Å². The molecule has 0 spiro atoms. The molecule has 0 amide bonds. The van der Waals surface area contributed by atoms with E-state index in [1.54, 1.807) is 0 Å². The Morgan fingerprint density at radius 2 is 0.472 bits per heavy atom. The van der Waals surface area contributed by atoms with Crippen molar-refractivity contribution in [2.45, 2.75) is 0 Å². The van der Waals surface area contributed by atoms with Gasteiger partial charge in [-0.3, -0.25) is 0 Å². The minimum absolute atomic E-state index is 0.152. The van der Waals surface area contributed by atoms with E-state index in [1.165, 1.54) is 0 Å². The fourth-order valence-electron chi connectivity index (χ4n) is 4.10. The maximum absolute atomic E-state index is 14.5. The fourth-order valence-corrected chi connectivity index (χ4v) is 8.94. The largest absolute Gasteiger partial charge is 0.202 e. The minimum atomic E-state index is -1.42. The average molecular weight is 784 g/mol. The Hall–Kier alpha value is 0.140. The average Bonchev–Trinajstić information content (AvgIpc) is 2.83. The number of rotatable bonds is 0. The zero-order valence-electron chi connectivity index (χ0n) is 16.3. The van der Waals surface area contributed by atoms with E-state index < -0.39 is 43.4 Å². The predicted octanol–water partition coefficient (Wildman–Crippen LogP) is 13.6. The van der Waals surface area contributed by atoms with Gasteiger partial charge < -0.3 is 0 Å². The molecule has 0 bridgehead atoms. The Bertz CT molecular complexity index is 1620. The van der Waals surface area contributed by atoms with Crippen molar-refractivity contribution in [3.8, 4) is 0 Å². The molecule has 5 aromatic carbocycles. The molecule has 0 saturated carbocycles. The molecule has 0 aliphatic carbocycles. The number of halogens is 14. The maximum atomic E-state index is 14.5. The summed E-state index contributed by atoms with van der Waals surface area (Å²) in [4.78, 5) is 0. The Morgan fingerprint density at radius 3 is 0.639 bits per heavy atom. The highest BCUT2D eigenvalue weighted by Gasteiger charge is 2.31. The van der Waals surface area contributed by atoms with Crippen LogP contribution in [0.15, 0.2) is 8.95 Å². The third-order valence-electron chi connectivity index (χ3n) is 5.67. The molecule has 0 aliphatic heterocycles. The lowest BCUT2D eigenvalue weighted by atomic mass is 9.96. The highest BCUT2D eigenvalue weighted by Crippen LogP contribution is 2.57. The normalized spacial score (nSPS) is 12.2. The quantitative estimate of drug-likeness (QED) is 0.0635. The molecule has 5 rings (SSSR count). The summed E-state index contributed by atoms with van der Waals surface area (Å²) >= 11 is 57.9. The van der Waals surface area contributed by atoms with Gasteiger partial charge in [0.2, 0.25) is 0 Å². The Kier molecular flexibility index (Phi) is 7.20. The monoisotopic (exact) mass is 778 g/mol. The molecule has 0 heterocycles. The molecule has 5 aromatic rings. The van der Waals surface area contributed by atoms with E-state index in [-0.39, 0.29) is 72.1 Å². The summed E-state index contributed by atoms with van der Waals surface area (Å²) in [6.07, 6.45) is 0. The van der Waals surface area contributed by atoms with Crippen molar-refractivity contribution >= 4 is 168 Å². The van der Waals surface area contributed by atoms with Crippen molar-refractivity contribution < 1.29 is 17.6 Å². The minimum Gasteiger partial charge on any atom is -0.202 e. The number of hydrogen-bond acceptors (Lipinski definition) is 0. The molecule has 0 aromatic heterocycles. The van der Waals surface area contributed by atoms with Crippen LogP contribution in [-0.2, 0) is 0 Å². The zero-order valence-corrected chi connectivity index (χ0v) is 25.5. The van der Waals surface area contributed by atoms with Crippen molar-refractivity contribution in [3.05, 3.63) is 72.4 Å². The van der Waals surface area contributed by atoms with Crippen molar-refractivity contribution in [3.63, 3.8) is 0 Å². The van der Waals surface area contributed by atoms with Gasteiger partial charge in [-0.15, -0.1) is 0 Å². The van der Waals surface area contributed by atoms with Crippen LogP contribution in [0, 0.1) is 23.3 Å². The molecule has 0 fully saturated rings. The Morgan fingerprint density at radius 1 is 0.306 bits per heavy atom. The van der Waals surface area contributed by atoms with E-state index in [2.05, 4.69) is 31.9 Å². The molecule has 0 aliphatic rings. The molecular formula is C22Br2Cl8F4. The van der Waals surface area contributed by atoms with Gasteiger partial charge in [-0.2, -0.15) is 0 Å². The van der Waals surface area contributed by atoms with Gasteiger partial charge in [-0.25, -0.2) is 17.6 Å². The number of hydrogen-bond donors (Lipinski definition) is 0. The Labute approximate surface area is 255 Å². The van der Waals surface area contributed by atoms with Crippen LogP contribution in [0.4, 0.5) is 17.6 Å². The third-order valence-corrected chi connectivity index (χ3v) is 10.2. The lowest BCUT2D eigenvalue weighted by molar-refractivity contribution is 0.511. The standard InChI is InChI=1S/C22Br2Cl8F4/c23-9-1-2(12(26)6-5(11(1)25)15(29)19(33)20(34)16(6)30)10(24)4-3(9)13(27)7-8(14(4)28)18(32)22(36)21(35)17(7)31. The first-order valence-corrected chi connectivity index (χ1v) is 13.8. The molecular weight excluding hydrogens is 784 g/mol. The van der Waals surface area contributed by atoms with Crippen molar-refractivity contribution in [1.82, 2.24) is 0 Å². The lowest BCUT2D eigenvalue weighted by Crippen LogP contribution is -1.97. The van der Waals surface area contributed by atoms with E-state index in [1.807, 2.05) is 0 Å². The Balaban J connectivity index is 2.22. The first-order valence-electron chi connectivity index (χ1n) is 9.15. The second kappa shape index (κ2) is 9.36. The topological polar surface area (TPSA) is 0 Å². The molecule has 0 atom stereocenters. The highest BCUT2D eigenvalue weighted by atomic mass is 79.9. The van der Waals surface area contributed by atoms with Gasteiger partial charge in [0.1, 0.15) is 0 Å². The van der Waals surface area contributed by atoms with Crippen LogP contribution in [0.2, 0.25) is 40.2 Å². The van der Waals surface area contributed by atoms with Crippen LogP contribution in [0.5, 0.6) is 0 Å². The fraction of sp³-hybridized carbons (Fsp3) is 0. The maximum Gasteiger partial charge on any atom is 0.179 e. The van der Waals surface area contributed by atoms with Crippen LogP contribution in [0.1, 0.15) is 0 Å². The zero-order chi connectivity index (χ0) is 26.7. The van der Waals surface area contributed by atoms with Gasteiger partial charge in [0.25, 0.3) is 0 Å². The van der Waals surface area contributed by atoms with E-state index >= 15 is 0 Å². The summed E-state index contributed by atoms with van der Waals surface area (Å²) in [5, 5.41) is -3.30. The van der Waals surface area contributed by atoms with Crippen LogP contribution in [0.3, 0.4) is 0 Å². The SMILES string of the molecule is Fc1c(F)c(Cl)c2c(Cl)c3c(Br)c4c(Cl)c5c(Cl)c(F)c(F)c(Cl)c5c(Cl)c4c(Br)c3c(Cl)c2c1Cl. The molecule has 0 unspecified atom stereocenters. The van der Waals surface area contributed by atoms with Gasteiger partial charge in [-0.05, 0) is 31.9 Å². The van der Waals surface area contributed by atoms with Crippen molar-refractivity contribution in [2.75, 3.05) is 0 Å². The first kappa shape index (κ1) is 27.7. The molecule has 0 nitrogen and oxygen atoms in total. The van der Waals surface area contributed by atoms with Crippen LogP contribution >= 0.6 is 125 Å². The summed E-state index contributed by atoms with van der Waals surface area (Å²) in [6, 6.07) is 0. The second-order valence-corrected chi connectivity index (χ2v) is 12.0. The van der Waals surface area contributed by atoms with Crippen LogP contribution < -0.4 is 0 Å². The second-order valence-electron chi connectivity index (χ2n) is 7.40. The summed E-state index contributed by atoms with van der Waals surface area (Å²) in [5.74, 6) is -5.69. The molecule has 14 heteroatoms.